The second-order valence-electron chi connectivity index (χ2n) is 2.68. The molecule has 70 valence electrons. The van der Waals surface area contributed by atoms with Gasteiger partial charge in [-0.05, 0) is 12.8 Å². The van der Waals surface area contributed by atoms with E-state index in [0.29, 0.717) is 18.6 Å². The Balaban J connectivity index is 3.85. The molecule has 0 aliphatic carbocycles. The smallest absolute Gasteiger partial charge is 0.334 e. The molecule has 0 amide bonds. The maximum atomic E-state index is 11.1. The van der Waals surface area contributed by atoms with Gasteiger partial charge in [-0.2, -0.15) is 0 Å². The molecule has 0 aliphatic heterocycles. The number of rotatable bonds is 5. The number of nitrogens with two attached hydrogens (primary N) is 1. The van der Waals surface area contributed by atoms with Crippen molar-refractivity contribution in [3.63, 3.8) is 0 Å². The first-order valence-corrected chi connectivity index (χ1v) is 4.24. The van der Waals surface area contributed by atoms with Crippen molar-refractivity contribution in [3.8, 4) is 0 Å². The number of ether oxygens (including phenoxy) is 1. The van der Waals surface area contributed by atoms with Gasteiger partial charge >= 0.3 is 5.97 Å². The summed E-state index contributed by atoms with van der Waals surface area (Å²) in [6, 6.07) is -0.269. The monoisotopic (exact) mass is 171 g/mol. The molecule has 0 aromatic carbocycles. The first-order chi connectivity index (χ1) is 5.63. The Labute approximate surface area is 73.6 Å². The SMILES string of the molecule is C=C(C(=O)OCCC)C(N)CC. The van der Waals surface area contributed by atoms with E-state index in [-0.39, 0.29) is 12.0 Å². The molecule has 0 saturated carbocycles. The molecule has 0 radical (unpaired) electrons. The van der Waals surface area contributed by atoms with Gasteiger partial charge in [0.25, 0.3) is 0 Å². The van der Waals surface area contributed by atoms with Crippen LogP contribution in [-0.2, 0) is 9.53 Å². The van der Waals surface area contributed by atoms with Gasteiger partial charge in [0.1, 0.15) is 0 Å². The Bertz CT molecular complexity index is 166. The second kappa shape index (κ2) is 5.77. The standard InChI is InChI=1S/C9H17NO2/c1-4-6-12-9(11)7(3)8(10)5-2/h8H,3-6,10H2,1-2H3. The molecule has 0 fully saturated rings. The molecular formula is C9H17NO2. The zero-order valence-electron chi connectivity index (χ0n) is 7.80. The number of hydrogen-bond donors (Lipinski definition) is 1. The van der Waals surface area contributed by atoms with Gasteiger partial charge in [-0.25, -0.2) is 4.79 Å². The van der Waals surface area contributed by atoms with Crippen LogP contribution in [0.1, 0.15) is 26.7 Å². The summed E-state index contributed by atoms with van der Waals surface area (Å²) < 4.78 is 4.86. The van der Waals surface area contributed by atoms with E-state index in [1.165, 1.54) is 0 Å². The van der Waals surface area contributed by atoms with E-state index in [1.54, 1.807) is 0 Å². The van der Waals surface area contributed by atoms with Crippen LogP contribution >= 0.6 is 0 Å². The van der Waals surface area contributed by atoms with Crippen LogP contribution < -0.4 is 5.73 Å². The van der Waals surface area contributed by atoms with Gasteiger partial charge < -0.3 is 10.5 Å². The lowest BCUT2D eigenvalue weighted by Gasteiger charge is -2.10. The van der Waals surface area contributed by atoms with E-state index in [2.05, 4.69) is 6.58 Å². The highest BCUT2D eigenvalue weighted by atomic mass is 16.5. The third-order valence-corrected chi connectivity index (χ3v) is 1.59. The highest BCUT2D eigenvalue weighted by Gasteiger charge is 2.13. The van der Waals surface area contributed by atoms with Gasteiger partial charge in [-0.15, -0.1) is 0 Å². The van der Waals surface area contributed by atoms with Crippen molar-refractivity contribution in [3.05, 3.63) is 12.2 Å². The van der Waals surface area contributed by atoms with Crippen LogP contribution in [0.15, 0.2) is 12.2 Å². The molecule has 12 heavy (non-hydrogen) atoms. The molecule has 3 heteroatoms. The lowest BCUT2D eigenvalue weighted by Crippen LogP contribution is -2.27. The molecule has 0 aromatic rings. The van der Waals surface area contributed by atoms with Crippen molar-refractivity contribution < 1.29 is 9.53 Å². The van der Waals surface area contributed by atoms with Crippen LogP contribution in [0.5, 0.6) is 0 Å². The number of hydrogen-bond acceptors (Lipinski definition) is 3. The Morgan fingerprint density at radius 1 is 1.58 bits per heavy atom. The van der Waals surface area contributed by atoms with E-state index >= 15 is 0 Å². The van der Waals surface area contributed by atoms with Crippen molar-refractivity contribution in [2.75, 3.05) is 6.61 Å². The minimum Gasteiger partial charge on any atom is -0.462 e. The predicted octanol–water partition coefficient (Wildman–Crippen LogP) is 1.23. The Morgan fingerprint density at radius 3 is 2.58 bits per heavy atom. The van der Waals surface area contributed by atoms with Crippen LogP contribution in [0, 0.1) is 0 Å². The topological polar surface area (TPSA) is 52.3 Å². The van der Waals surface area contributed by atoms with Crippen molar-refractivity contribution in [2.24, 2.45) is 5.73 Å². The van der Waals surface area contributed by atoms with Crippen molar-refractivity contribution in [2.45, 2.75) is 32.7 Å². The van der Waals surface area contributed by atoms with Gasteiger partial charge in [0, 0.05) is 11.6 Å². The quantitative estimate of drug-likeness (QED) is 0.500. The molecule has 0 spiro atoms. The van der Waals surface area contributed by atoms with Crippen molar-refractivity contribution >= 4 is 5.97 Å². The average Bonchev–Trinajstić information content (AvgIpc) is 2.11. The predicted molar refractivity (Wildman–Crippen MR) is 48.7 cm³/mol. The summed E-state index contributed by atoms with van der Waals surface area (Å²) in [5, 5.41) is 0. The molecule has 0 rings (SSSR count). The first-order valence-electron chi connectivity index (χ1n) is 4.24. The highest BCUT2D eigenvalue weighted by molar-refractivity contribution is 5.88. The largest absolute Gasteiger partial charge is 0.462 e. The lowest BCUT2D eigenvalue weighted by molar-refractivity contribution is -0.139. The summed E-state index contributed by atoms with van der Waals surface area (Å²) in [7, 11) is 0. The summed E-state index contributed by atoms with van der Waals surface area (Å²) in [4.78, 5) is 11.1. The Kier molecular flexibility index (Phi) is 5.37. The molecule has 0 heterocycles. The zero-order chi connectivity index (χ0) is 9.56. The van der Waals surface area contributed by atoms with Gasteiger partial charge in [0.05, 0.1) is 6.61 Å². The minimum atomic E-state index is -0.369. The molecule has 0 saturated heterocycles. The van der Waals surface area contributed by atoms with E-state index in [1.807, 2.05) is 13.8 Å². The molecule has 0 bridgehead atoms. The van der Waals surface area contributed by atoms with E-state index in [0.717, 1.165) is 6.42 Å². The third kappa shape index (κ3) is 3.53. The van der Waals surface area contributed by atoms with E-state index < -0.39 is 0 Å². The van der Waals surface area contributed by atoms with E-state index in [9.17, 15) is 4.79 Å². The fraction of sp³-hybridized carbons (Fsp3) is 0.667. The lowest BCUT2D eigenvalue weighted by atomic mass is 10.1. The minimum absolute atomic E-state index is 0.269. The normalized spacial score (nSPS) is 12.2. The summed E-state index contributed by atoms with van der Waals surface area (Å²) in [6.45, 7) is 7.86. The number of esters is 1. The number of carbonyl (C=O) groups is 1. The third-order valence-electron chi connectivity index (χ3n) is 1.59. The van der Waals surface area contributed by atoms with Crippen LogP contribution in [0.25, 0.3) is 0 Å². The summed E-state index contributed by atoms with van der Waals surface area (Å²) in [5.41, 5.74) is 5.96. The van der Waals surface area contributed by atoms with Crippen LogP contribution in [0.4, 0.5) is 0 Å². The van der Waals surface area contributed by atoms with Crippen LogP contribution in [-0.4, -0.2) is 18.6 Å². The van der Waals surface area contributed by atoms with Gasteiger partial charge in [-0.1, -0.05) is 20.4 Å². The molecule has 1 atom stereocenters. The summed E-state index contributed by atoms with van der Waals surface area (Å²) in [6.07, 6.45) is 1.53. The fourth-order valence-electron chi connectivity index (χ4n) is 0.685. The number of carbonyl (C=O) groups excluding carboxylic acids is 1. The summed E-state index contributed by atoms with van der Waals surface area (Å²) >= 11 is 0. The maximum absolute atomic E-state index is 11.1. The fourth-order valence-corrected chi connectivity index (χ4v) is 0.685. The maximum Gasteiger partial charge on any atom is 0.334 e. The highest BCUT2D eigenvalue weighted by Crippen LogP contribution is 2.03. The van der Waals surface area contributed by atoms with Crippen molar-refractivity contribution in [1.29, 1.82) is 0 Å². The first kappa shape index (κ1) is 11.2. The van der Waals surface area contributed by atoms with Crippen LogP contribution in [0.3, 0.4) is 0 Å². The van der Waals surface area contributed by atoms with Gasteiger partial charge in [0.15, 0.2) is 0 Å². The zero-order valence-corrected chi connectivity index (χ0v) is 7.80. The summed E-state index contributed by atoms with van der Waals surface area (Å²) in [5.74, 6) is -0.369. The van der Waals surface area contributed by atoms with Gasteiger partial charge in [-0.3, -0.25) is 0 Å². The van der Waals surface area contributed by atoms with Gasteiger partial charge in [0.2, 0.25) is 0 Å². The van der Waals surface area contributed by atoms with Crippen LogP contribution in [0.2, 0.25) is 0 Å². The molecule has 0 aromatic heterocycles. The molecule has 2 N–H and O–H groups in total. The molecule has 1 unspecified atom stereocenters. The van der Waals surface area contributed by atoms with Crippen molar-refractivity contribution in [1.82, 2.24) is 0 Å². The molecular weight excluding hydrogens is 154 g/mol. The Hall–Kier alpha value is -0.830. The molecule has 0 aliphatic rings. The molecule has 3 nitrogen and oxygen atoms in total. The Morgan fingerprint density at radius 2 is 2.17 bits per heavy atom. The second-order valence-corrected chi connectivity index (χ2v) is 2.68. The average molecular weight is 171 g/mol. The van der Waals surface area contributed by atoms with E-state index in [4.69, 9.17) is 10.5 Å².